The third-order valence-corrected chi connectivity index (χ3v) is 4.88. The topological polar surface area (TPSA) is 21.1 Å². The van der Waals surface area contributed by atoms with E-state index < -0.39 is 0 Å². The van der Waals surface area contributed by atoms with E-state index in [0.717, 1.165) is 31.8 Å². The molecule has 1 atom stereocenters. The summed E-state index contributed by atoms with van der Waals surface area (Å²) in [4.78, 5) is 2.53. The van der Waals surface area contributed by atoms with Crippen LogP contribution in [-0.4, -0.2) is 33.1 Å². The van der Waals surface area contributed by atoms with Crippen molar-refractivity contribution in [1.29, 1.82) is 0 Å². The highest BCUT2D eigenvalue weighted by Crippen LogP contribution is 2.21. The first-order valence-corrected chi connectivity index (χ1v) is 8.66. The Balaban J connectivity index is 2.01. The molecule has 0 amide bonds. The molecule has 0 saturated carbocycles. The van der Waals surface area contributed by atoms with Crippen LogP contribution in [0.25, 0.3) is 0 Å². The van der Waals surface area contributed by atoms with Crippen molar-refractivity contribution >= 4 is 11.6 Å². The first-order chi connectivity index (χ1) is 9.78. The van der Waals surface area contributed by atoms with Crippen LogP contribution >= 0.6 is 11.6 Å². The lowest BCUT2D eigenvalue weighted by Crippen LogP contribution is -2.35. The van der Waals surface area contributed by atoms with E-state index in [0.29, 0.717) is 12.1 Å². The van der Waals surface area contributed by atoms with Crippen LogP contribution in [0, 0.1) is 0 Å². The second-order valence-electron chi connectivity index (χ2n) is 5.89. The highest BCUT2D eigenvalue weighted by Gasteiger charge is 2.21. The molecule has 20 heavy (non-hydrogen) atoms. The lowest BCUT2D eigenvalue weighted by atomic mass is 10.1. The highest BCUT2D eigenvalue weighted by molar-refractivity contribution is 6.18. The van der Waals surface area contributed by atoms with Crippen LogP contribution in [0.3, 0.4) is 0 Å². The Morgan fingerprint density at radius 1 is 1.30 bits per heavy atom. The van der Waals surface area contributed by atoms with E-state index in [1.165, 1.54) is 31.4 Å². The average molecular weight is 298 g/mol. The molecule has 1 aromatic heterocycles. The van der Waals surface area contributed by atoms with Gasteiger partial charge in [0.1, 0.15) is 0 Å². The quantitative estimate of drug-likeness (QED) is 0.733. The molecule has 1 unspecified atom stereocenters. The number of nitrogens with zero attached hydrogens (tertiary/aromatic N) is 3. The van der Waals surface area contributed by atoms with E-state index in [1.54, 1.807) is 0 Å². The number of halogens is 1. The average Bonchev–Trinajstić information content (AvgIpc) is 2.80. The fourth-order valence-electron chi connectivity index (χ4n) is 3.16. The van der Waals surface area contributed by atoms with Crippen LogP contribution in [0.15, 0.2) is 12.3 Å². The summed E-state index contributed by atoms with van der Waals surface area (Å²) in [6, 6.07) is 3.24. The largest absolute Gasteiger partial charge is 0.293 e. The standard InChI is InChI=1S/C16H28ClN3/c1-3-15(4-2)20-11-9-14(18-20)13-19-10-7-5-6-8-16(19)12-17/h9,11,15-16H,3-8,10,12-13H2,1-2H3. The predicted octanol–water partition coefficient (Wildman–Crippen LogP) is 4.23. The molecule has 1 fully saturated rings. The molecule has 1 saturated heterocycles. The van der Waals surface area contributed by atoms with E-state index in [2.05, 4.69) is 35.7 Å². The minimum Gasteiger partial charge on any atom is -0.293 e. The number of hydrogen-bond donors (Lipinski definition) is 0. The third kappa shape index (κ3) is 3.98. The molecule has 1 aromatic rings. The van der Waals surface area contributed by atoms with Crippen molar-refractivity contribution in [1.82, 2.24) is 14.7 Å². The lowest BCUT2D eigenvalue weighted by molar-refractivity contribution is 0.204. The zero-order chi connectivity index (χ0) is 14.4. The van der Waals surface area contributed by atoms with Crippen molar-refractivity contribution in [3.63, 3.8) is 0 Å². The van der Waals surface area contributed by atoms with Gasteiger partial charge in [-0.05, 0) is 38.3 Å². The zero-order valence-electron chi connectivity index (χ0n) is 12.9. The molecule has 4 heteroatoms. The SMILES string of the molecule is CCC(CC)n1ccc(CN2CCCCCC2CCl)n1. The molecule has 2 rings (SSSR count). The molecule has 1 aliphatic rings. The van der Waals surface area contributed by atoms with Crippen LogP contribution in [-0.2, 0) is 6.54 Å². The van der Waals surface area contributed by atoms with Gasteiger partial charge >= 0.3 is 0 Å². The molecule has 1 aliphatic heterocycles. The van der Waals surface area contributed by atoms with Gasteiger partial charge in [0.05, 0.1) is 11.7 Å². The van der Waals surface area contributed by atoms with E-state index in [-0.39, 0.29) is 0 Å². The molecule has 114 valence electrons. The van der Waals surface area contributed by atoms with Crippen molar-refractivity contribution in [3.8, 4) is 0 Å². The first kappa shape index (κ1) is 15.8. The second-order valence-corrected chi connectivity index (χ2v) is 6.19. The van der Waals surface area contributed by atoms with E-state index in [9.17, 15) is 0 Å². The Bertz CT molecular complexity index is 387. The maximum Gasteiger partial charge on any atom is 0.0765 e. The summed E-state index contributed by atoms with van der Waals surface area (Å²) in [6.07, 6.45) is 9.61. The highest BCUT2D eigenvalue weighted by atomic mass is 35.5. The van der Waals surface area contributed by atoms with E-state index in [4.69, 9.17) is 16.7 Å². The monoisotopic (exact) mass is 297 g/mol. The Hall–Kier alpha value is -0.540. The van der Waals surface area contributed by atoms with Crippen molar-refractivity contribution in [2.24, 2.45) is 0 Å². The van der Waals surface area contributed by atoms with Crippen LogP contribution < -0.4 is 0 Å². The number of likely N-dealkylation sites (tertiary alicyclic amines) is 1. The Labute approximate surface area is 128 Å². The van der Waals surface area contributed by atoms with Gasteiger partial charge in [-0.1, -0.05) is 26.7 Å². The summed E-state index contributed by atoms with van der Waals surface area (Å²) >= 11 is 6.15. The smallest absolute Gasteiger partial charge is 0.0765 e. The van der Waals surface area contributed by atoms with Crippen LogP contribution in [0.4, 0.5) is 0 Å². The summed E-state index contributed by atoms with van der Waals surface area (Å²) in [5, 5.41) is 4.78. The van der Waals surface area contributed by atoms with Crippen LogP contribution in [0.5, 0.6) is 0 Å². The first-order valence-electron chi connectivity index (χ1n) is 8.12. The Morgan fingerprint density at radius 2 is 2.10 bits per heavy atom. The van der Waals surface area contributed by atoms with Gasteiger partial charge in [0, 0.05) is 24.7 Å². The normalized spacial score (nSPS) is 21.3. The lowest BCUT2D eigenvalue weighted by Gasteiger charge is -2.27. The molecule has 0 spiro atoms. The van der Waals surface area contributed by atoms with Gasteiger partial charge in [0.15, 0.2) is 0 Å². The maximum atomic E-state index is 6.15. The zero-order valence-corrected chi connectivity index (χ0v) is 13.6. The minimum atomic E-state index is 0.525. The fourth-order valence-corrected chi connectivity index (χ4v) is 3.51. The number of hydrogen-bond acceptors (Lipinski definition) is 2. The Kier molecular flexibility index (Phi) is 6.37. The van der Waals surface area contributed by atoms with Gasteiger partial charge in [-0.15, -0.1) is 11.6 Å². The predicted molar refractivity (Wildman–Crippen MR) is 85.2 cm³/mol. The molecule has 3 nitrogen and oxygen atoms in total. The summed E-state index contributed by atoms with van der Waals surface area (Å²) in [6.45, 7) is 6.57. The van der Waals surface area contributed by atoms with Crippen molar-refractivity contribution < 1.29 is 0 Å². The van der Waals surface area contributed by atoms with Crippen molar-refractivity contribution in [2.75, 3.05) is 12.4 Å². The van der Waals surface area contributed by atoms with E-state index >= 15 is 0 Å². The molecule has 0 aliphatic carbocycles. The molecule has 0 radical (unpaired) electrons. The van der Waals surface area contributed by atoms with Gasteiger partial charge in [0.25, 0.3) is 0 Å². The summed E-state index contributed by atoms with van der Waals surface area (Å²) in [5.74, 6) is 0.743. The van der Waals surface area contributed by atoms with Crippen molar-refractivity contribution in [2.45, 2.75) is 71.0 Å². The third-order valence-electron chi connectivity index (χ3n) is 4.52. The summed E-state index contributed by atoms with van der Waals surface area (Å²) < 4.78 is 2.14. The molecular weight excluding hydrogens is 270 g/mol. The second kappa shape index (κ2) is 8.04. The minimum absolute atomic E-state index is 0.525. The van der Waals surface area contributed by atoms with E-state index in [1.807, 2.05) is 0 Å². The molecule has 0 N–H and O–H groups in total. The summed E-state index contributed by atoms with van der Waals surface area (Å²) in [5.41, 5.74) is 1.19. The van der Waals surface area contributed by atoms with Crippen molar-refractivity contribution in [3.05, 3.63) is 18.0 Å². The molecule has 2 heterocycles. The molecular formula is C16H28ClN3. The Morgan fingerprint density at radius 3 is 2.80 bits per heavy atom. The molecule has 0 bridgehead atoms. The maximum absolute atomic E-state index is 6.15. The number of rotatable bonds is 6. The van der Waals surface area contributed by atoms with Gasteiger partial charge < -0.3 is 0 Å². The van der Waals surface area contributed by atoms with Crippen LogP contribution in [0.1, 0.15) is 64.1 Å². The number of aromatic nitrogens is 2. The van der Waals surface area contributed by atoms with Gasteiger partial charge in [-0.25, -0.2) is 0 Å². The summed E-state index contributed by atoms with van der Waals surface area (Å²) in [7, 11) is 0. The number of alkyl halides is 1. The van der Waals surface area contributed by atoms with Gasteiger partial charge in [-0.3, -0.25) is 9.58 Å². The van der Waals surface area contributed by atoms with Crippen LogP contribution in [0.2, 0.25) is 0 Å². The fraction of sp³-hybridized carbons (Fsp3) is 0.812. The van der Waals surface area contributed by atoms with Gasteiger partial charge in [-0.2, -0.15) is 5.10 Å². The van der Waals surface area contributed by atoms with Gasteiger partial charge in [0.2, 0.25) is 0 Å². The molecule has 0 aromatic carbocycles.